The van der Waals surface area contributed by atoms with E-state index < -0.39 is 0 Å². The summed E-state index contributed by atoms with van der Waals surface area (Å²) in [6.45, 7) is 2.90. The lowest BCUT2D eigenvalue weighted by Crippen LogP contribution is -1.73. The van der Waals surface area contributed by atoms with Gasteiger partial charge in [-0.1, -0.05) is 32.6 Å². The summed E-state index contributed by atoms with van der Waals surface area (Å²) in [5.74, 6) is 0. The maximum absolute atomic E-state index is 11.3. The van der Waals surface area contributed by atoms with Crippen LogP contribution in [0.25, 0.3) is 0 Å². The second-order valence-corrected chi connectivity index (χ2v) is 2.00. The fourth-order valence-electron chi connectivity index (χ4n) is 0.648. The zero-order valence-corrected chi connectivity index (χ0v) is 5.49. The molecule has 0 fully saturated rings. The molecule has 0 bridgehead atoms. The quantitative estimate of drug-likeness (QED) is 0.485. The van der Waals surface area contributed by atoms with Gasteiger partial charge in [0.15, 0.2) is 0 Å². The molecule has 0 saturated carbocycles. The molecular weight excluding hydrogens is 103 g/mol. The predicted molar refractivity (Wildman–Crippen MR) is 34.2 cm³/mol. The van der Waals surface area contributed by atoms with Gasteiger partial charge in [-0.05, 0) is 6.42 Å². The highest BCUT2D eigenvalue weighted by Crippen LogP contribution is 2.03. The lowest BCUT2D eigenvalue weighted by molar-refractivity contribution is 0.541. The minimum absolute atomic E-state index is 0.639. The summed E-state index contributed by atoms with van der Waals surface area (Å²) in [6, 6.07) is 0. The van der Waals surface area contributed by atoms with E-state index in [-0.39, 0.29) is 0 Å². The molecule has 0 aliphatic rings. The molecule has 0 aromatic rings. The van der Waals surface area contributed by atoms with Crippen LogP contribution in [-0.2, 0) is 0 Å². The van der Waals surface area contributed by atoms with Crippen LogP contribution in [0.2, 0.25) is 0 Å². The Hall–Kier alpha value is -0.0700. The van der Waals surface area contributed by atoms with E-state index in [1.54, 1.807) is 0 Å². The third kappa shape index (κ3) is 5.93. The lowest BCUT2D eigenvalue weighted by Gasteiger charge is -1.92. The fourth-order valence-corrected chi connectivity index (χ4v) is 0.648. The van der Waals surface area contributed by atoms with Crippen LogP contribution in [0.1, 0.15) is 39.0 Å². The smallest absolute Gasteiger partial charge is 0.131 e. The Morgan fingerprint density at radius 3 is 2.50 bits per heavy atom. The monoisotopic (exact) mass is 117 g/mol. The molecule has 0 rings (SSSR count). The Morgan fingerprint density at radius 2 is 2.00 bits per heavy atom. The van der Waals surface area contributed by atoms with Crippen LogP contribution < -0.4 is 0 Å². The Labute approximate surface area is 51.1 Å². The molecule has 49 valence electrons. The van der Waals surface area contributed by atoms with Crippen molar-refractivity contribution in [3.05, 3.63) is 6.67 Å². The molecule has 1 radical (unpaired) electrons. The van der Waals surface area contributed by atoms with E-state index in [1.807, 2.05) is 0 Å². The van der Waals surface area contributed by atoms with Gasteiger partial charge in [-0.15, -0.1) is 0 Å². The number of hydrogen-bond acceptors (Lipinski definition) is 0. The zero-order valence-electron chi connectivity index (χ0n) is 5.49. The van der Waals surface area contributed by atoms with Crippen molar-refractivity contribution >= 4 is 0 Å². The van der Waals surface area contributed by atoms with Gasteiger partial charge in [-0.3, -0.25) is 0 Å². The number of hydrogen-bond donors (Lipinski definition) is 0. The molecule has 0 spiro atoms. The summed E-state index contributed by atoms with van der Waals surface area (Å²) in [7, 11) is 0. The van der Waals surface area contributed by atoms with E-state index in [0.717, 1.165) is 13.1 Å². The molecule has 0 saturated heterocycles. The summed E-state index contributed by atoms with van der Waals surface area (Å²) in [6.07, 6.45) is 5.31. The molecule has 0 aromatic heterocycles. The van der Waals surface area contributed by atoms with Gasteiger partial charge >= 0.3 is 0 Å². The molecule has 0 unspecified atom stereocenters. The third-order valence-corrected chi connectivity index (χ3v) is 1.17. The summed E-state index contributed by atoms with van der Waals surface area (Å²) >= 11 is 0. The van der Waals surface area contributed by atoms with Crippen molar-refractivity contribution in [2.75, 3.05) is 0 Å². The third-order valence-electron chi connectivity index (χ3n) is 1.17. The van der Waals surface area contributed by atoms with Crippen molar-refractivity contribution in [2.45, 2.75) is 39.0 Å². The van der Waals surface area contributed by atoms with Crippen LogP contribution in [0.5, 0.6) is 0 Å². The molecule has 0 nitrogen and oxygen atoms in total. The number of rotatable bonds is 5. The molecule has 0 atom stereocenters. The summed E-state index contributed by atoms with van der Waals surface area (Å²) in [5.41, 5.74) is 0. The highest BCUT2D eigenvalue weighted by molar-refractivity contribution is 4.47. The predicted octanol–water partition coefficient (Wildman–Crippen LogP) is 3.09. The first-order chi connectivity index (χ1) is 3.91. The van der Waals surface area contributed by atoms with Crippen molar-refractivity contribution in [3.8, 4) is 0 Å². The van der Waals surface area contributed by atoms with Crippen molar-refractivity contribution < 1.29 is 4.39 Å². The first kappa shape index (κ1) is 7.93. The van der Waals surface area contributed by atoms with Crippen molar-refractivity contribution in [2.24, 2.45) is 0 Å². The minimum atomic E-state index is 0.639. The van der Waals surface area contributed by atoms with Gasteiger partial charge in [-0.2, -0.15) is 0 Å². The highest BCUT2D eigenvalue weighted by Gasteiger charge is 1.85. The van der Waals surface area contributed by atoms with Crippen LogP contribution >= 0.6 is 0 Å². The lowest BCUT2D eigenvalue weighted by atomic mass is 10.2. The normalized spacial score (nSPS) is 9.75. The molecule has 0 amide bonds. The van der Waals surface area contributed by atoms with E-state index in [1.165, 1.54) is 19.3 Å². The Morgan fingerprint density at radius 1 is 1.25 bits per heavy atom. The van der Waals surface area contributed by atoms with Gasteiger partial charge in [0, 0.05) is 0 Å². The molecule has 0 aliphatic heterocycles. The van der Waals surface area contributed by atoms with Crippen molar-refractivity contribution in [3.63, 3.8) is 0 Å². The maximum Gasteiger partial charge on any atom is 0.131 e. The van der Waals surface area contributed by atoms with E-state index in [9.17, 15) is 4.39 Å². The van der Waals surface area contributed by atoms with E-state index in [2.05, 4.69) is 6.92 Å². The average Bonchev–Trinajstić information content (AvgIpc) is 1.81. The molecule has 8 heavy (non-hydrogen) atoms. The average molecular weight is 117 g/mol. The Balaban J connectivity index is 2.53. The van der Waals surface area contributed by atoms with E-state index in [0.29, 0.717) is 6.42 Å². The second kappa shape index (κ2) is 6.93. The fraction of sp³-hybridized carbons (Fsp3) is 0.857. The number of unbranched alkanes of at least 4 members (excludes halogenated alkanes) is 4. The summed E-state index contributed by atoms with van der Waals surface area (Å²) < 4.78 is 11.3. The molecule has 0 N–H and O–H groups in total. The van der Waals surface area contributed by atoms with Gasteiger partial charge in [-0.25, -0.2) is 4.39 Å². The van der Waals surface area contributed by atoms with Crippen molar-refractivity contribution in [1.29, 1.82) is 0 Å². The summed E-state index contributed by atoms with van der Waals surface area (Å²) in [4.78, 5) is 0. The van der Waals surface area contributed by atoms with Gasteiger partial charge < -0.3 is 0 Å². The van der Waals surface area contributed by atoms with Gasteiger partial charge in [0.2, 0.25) is 0 Å². The molecule has 0 aliphatic carbocycles. The standard InChI is InChI=1S/C7H14F/c1-2-3-4-5-6-7-8/h7H,2-6H2,1H3. The minimum Gasteiger partial charge on any atom is -0.244 e. The van der Waals surface area contributed by atoms with Crippen LogP contribution in [0.4, 0.5) is 4.39 Å². The largest absolute Gasteiger partial charge is 0.244 e. The first-order valence-electron chi connectivity index (χ1n) is 3.33. The van der Waals surface area contributed by atoms with E-state index in [4.69, 9.17) is 0 Å². The second-order valence-electron chi connectivity index (χ2n) is 2.00. The van der Waals surface area contributed by atoms with Gasteiger partial charge in [0.25, 0.3) is 0 Å². The summed E-state index contributed by atoms with van der Waals surface area (Å²) in [5, 5.41) is 0. The maximum atomic E-state index is 11.3. The Bertz CT molecular complexity index is 29.4. The SMILES string of the molecule is CCCCCC[CH]F. The Kier molecular flexibility index (Phi) is 6.87. The van der Waals surface area contributed by atoms with Crippen LogP contribution in [-0.4, -0.2) is 0 Å². The highest BCUT2D eigenvalue weighted by atomic mass is 19.1. The van der Waals surface area contributed by atoms with E-state index >= 15 is 0 Å². The topological polar surface area (TPSA) is 0 Å². The van der Waals surface area contributed by atoms with Crippen LogP contribution in [0.3, 0.4) is 0 Å². The molecule has 0 heterocycles. The molecule has 0 aromatic carbocycles. The number of halogens is 1. The molecule has 1 heteroatoms. The van der Waals surface area contributed by atoms with Crippen molar-refractivity contribution in [1.82, 2.24) is 0 Å². The molecular formula is C7H14F. The zero-order chi connectivity index (χ0) is 6.24. The first-order valence-corrected chi connectivity index (χ1v) is 3.33. The van der Waals surface area contributed by atoms with Gasteiger partial charge in [0.05, 0.1) is 0 Å². The van der Waals surface area contributed by atoms with Crippen LogP contribution in [0, 0.1) is 6.67 Å². The van der Waals surface area contributed by atoms with Crippen LogP contribution in [0.15, 0.2) is 0 Å². The van der Waals surface area contributed by atoms with Gasteiger partial charge in [0.1, 0.15) is 6.67 Å².